The molecule has 12 N–H and O–H groups in total. The van der Waals surface area contributed by atoms with Gasteiger partial charge in [0.05, 0.1) is 26.4 Å². The smallest absolute Gasteiger partial charge is 0.187 e. The minimum absolute atomic E-state index is 0.784. The summed E-state index contributed by atoms with van der Waals surface area (Å²) >= 11 is 0. The van der Waals surface area contributed by atoms with Crippen molar-refractivity contribution in [3.8, 4) is 0 Å². The van der Waals surface area contributed by atoms with E-state index in [0.29, 0.717) is 0 Å². The first-order valence-electron chi connectivity index (χ1n) is 10.5. The Hall–Kier alpha value is -0.640. The lowest BCUT2D eigenvalue weighted by Crippen LogP contribution is -2.65. The van der Waals surface area contributed by atoms with E-state index in [2.05, 4.69) is 0 Å². The van der Waals surface area contributed by atoms with Crippen molar-refractivity contribution >= 4 is 0 Å². The number of hydrogen-bond donors (Lipinski definition) is 12. The van der Waals surface area contributed by atoms with E-state index in [0.717, 1.165) is 0 Å². The molecule has 2 aliphatic heterocycles. The summed E-state index contributed by atoms with van der Waals surface area (Å²) in [7, 11) is 0. The molecule has 16 nitrogen and oxygen atoms in total. The minimum Gasteiger partial charge on any atom is -0.394 e. The van der Waals surface area contributed by atoms with Gasteiger partial charge in [-0.1, -0.05) is 0 Å². The summed E-state index contributed by atoms with van der Waals surface area (Å²) in [5.41, 5.74) is 0. The Morgan fingerprint density at radius 3 is 1.65 bits per heavy atom. The molecule has 2 heterocycles. The van der Waals surface area contributed by atoms with Gasteiger partial charge in [0.1, 0.15) is 73.2 Å². The molecule has 0 bridgehead atoms. The molecule has 2 saturated heterocycles. The van der Waals surface area contributed by atoms with Gasteiger partial charge in [-0.3, -0.25) is 0 Å². The third-order valence-corrected chi connectivity index (χ3v) is 5.77. The van der Waals surface area contributed by atoms with Crippen molar-refractivity contribution in [2.75, 3.05) is 26.4 Å². The summed E-state index contributed by atoms with van der Waals surface area (Å²) in [6.07, 6.45) is -24.8. The lowest BCUT2D eigenvalue weighted by Gasteiger charge is -2.46. The van der Waals surface area contributed by atoms with Crippen LogP contribution in [0.3, 0.4) is 0 Å². The van der Waals surface area contributed by atoms with E-state index >= 15 is 0 Å². The second-order valence-corrected chi connectivity index (χ2v) is 8.09. The van der Waals surface area contributed by atoms with Gasteiger partial charge in [-0.25, -0.2) is 0 Å². The van der Waals surface area contributed by atoms with Gasteiger partial charge in [-0.15, -0.1) is 0 Å². The van der Waals surface area contributed by atoms with Gasteiger partial charge in [0, 0.05) is 0 Å². The molecule has 202 valence electrons. The van der Waals surface area contributed by atoms with Crippen LogP contribution >= 0.6 is 0 Å². The second-order valence-electron chi connectivity index (χ2n) is 8.09. The lowest BCUT2D eigenvalue weighted by atomic mass is 9.97. The van der Waals surface area contributed by atoms with E-state index in [1.807, 2.05) is 0 Å². The molecule has 34 heavy (non-hydrogen) atoms. The molecule has 16 heteroatoms. The fraction of sp³-hybridized carbons (Fsp3) is 1.00. The summed E-state index contributed by atoms with van der Waals surface area (Å²) in [5.74, 6) is 0. The monoisotopic (exact) mass is 506 g/mol. The molecule has 0 aromatic heterocycles. The van der Waals surface area contributed by atoms with E-state index in [9.17, 15) is 56.2 Å². The fourth-order valence-corrected chi connectivity index (χ4v) is 3.60. The zero-order valence-electron chi connectivity index (χ0n) is 17.9. The topological polar surface area (TPSA) is 280 Å². The van der Waals surface area contributed by atoms with Crippen LogP contribution in [-0.2, 0) is 18.9 Å². The molecular weight excluding hydrogens is 472 g/mol. The molecule has 0 aromatic rings. The zero-order valence-corrected chi connectivity index (χ0v) is 17.9. The first-order chi connectivity index (χ1) is 16.0. The van der Waals surface area contributed by atoms with Crippen LogP contribution in [0.4, 0.5) is 0 Å². The standard InChI is InChI=1S/C18H34O16/c19-1-5(23)9(24)10(25)6(2-20)32-18-16(14(29)12(27)8(4-22)33-18)34-17-15(30)13(28)11(26)7(3-21)31-17/h5-30H,1-4H2/t5-,6+,7-,8-,9-,10-,11-,12-,13+,14+,15-,16-,17+,18-/m1/s1. The highest BCUT2D eigenvalue weighted by molar-refractivity contribution is 4.94. The molecule has 0 spiro atoms. The van der Waals surface area contributed by atoms with Crippen molar-refractivity contribution < 1.29 is 80.2 Å². The van der Waals surface area contributed by atoms with E-state index in [1.165, 1.54) is 0 Å². The first kappa shape index (κ1) is 29.6. The van der Waals surface area contributed by atoms with E-state index in [-0.39, 0.29) is 0 Å². The predicted octanol–water partition coefficient (Wildman–Crippen LogP) is -7.94. The Morgan fingerprint density at radius 1 is 0.618 bits per heavy atom. The van der Waals surface area contributed by atoms with Crippen LogP contribution in [0.2, 0.25) is 0 Å². The maximum absolute atomic E-state index is 10.5. The highest BCUT2D eigenvalue weighted by Gasteiger charge is 2.51. The molecule has 0 amide bonds. The number of aliphatic hydroxyl groups excluding tert-OH is 12. The number of hydrogen-bond acceptors (Lipinski definition) is 16. The average molecular weight is 506 g/mol. The molecule has 0 radical (unpaired) electrons. The molecule has 2 aliphatic rings. The second kappa shape index (κ2) is 13.1. The Balaban J connectivity index is 2.26. The van der Waals surface area contributed by atoms with Gasteiger partial charge in [0.25, 0.3) is 0 Å². The molecule has 14 atom stereocenters. The van der Waals surface area contributed by atoms with Crippen molar-refractivity contribution in [3.63, 3.8) is 0 Å². The maximum atomic E-state index is 10.5. The molecule has 0 aliphatic carbocycles. The van der Waals surface area contributed by atoms with E-state index < -0.39 is 112 Å². The van der Waals surface area contributed by atoms with Gasteiger partial charge in [-0.05, 0) is 0 Å². The van der Waals surface area contributed by atoms with Gasteiger partial charge in [0.2, 0.25) is 0 Å². The Labute approximate surface area is 193 Å². The predicted molar refractivity (Wildman–Crippen MR) is 103 cm³/mol. The normalized spacial score (nSPS) is 42.7. The van der Waals surface area contributed by atoms with Crippen molar-refractivity contribution in [1.29, 1.82) is 0 Å². The number of rotatable bonds is 11. The largest absolute Gasteiger partial charge is 0.394 e. The Kier molecular flexibility index (Phi) is 11.4. The van der Waals surface area contributed by atoms with E-state index in [1.54, 1.807) is 0 Å². The average Bonchev–Trinajstić information content (AvgIpc) is 2.84. The molecule has 0 saturated carbocycles. The molecular formula is C18H34O16. The van der Waals surface area contributed by atoms with Crippen LogP contribution in [0.25, 0.3) is 0 Å². The van der Waals surface area contributed by atoms with Gasteiger partial charge >= 0.3 is 0 Å². The highest BCUT2D eigenvalue weighted by Crippen LogP contribution is 2.30. The summed E-state index contributed by atoms with van der Waals surface area (Å²) in [4.78, 5) is 0. The van der Waals surface area contributed by atoms with Crippen molar-refractivity contribution in [3.05, 3.63) is 0 Å². The summed E-state index contributed by atoms with van der Waals surface area (Å²) in [6.45, 7) is -3.52. The quantitative estimate of drug-likeness (QED) is 0.124. The summed E-state index contributed by atoms with van der Waals surface area (Å²) < 4.78 is 21.3. The van der Waals surface area contributed by atoms with Crippen LogP contribution in [0.1, 0.15) is 0 Å². The van der Waals surface area contributed by atoms with Crippen molar-refractivity contribution in [2.24, 2.45) is 0 Å². The van der Waals surface area contributed by atoms with Crippen LogP contribution in [0.15, 0.2) is 0 Å². The van der Waals surface area contributed by atoms with E-state index in [4.69, 9.17) is 24.1 Å². The van der Waals surface area contributed by atoms with Gasteiger partial charge < -0.3 is 80.2 Å². The maximum Gasteiger partial charge on any atom is 0.187 e. The summed E-state index contributed by atoms with van der Waals surface area (Å²) in [5, 5.41) is 118. The summed E-state index contributed by atoms with van der Waals surface area (Å²) in [6, 6.07) is 0. The molecule has 2 fully saturated rings. The Bertz CT molecular complexity index is 596. The van der Waals surface area contributed by atoms with Crippen molar-refractivity contribution in [2.45, 2.75) is 85.8 Å². The SMILES string of the molecule is OC[C@@H](O)[C@@H](O)[C@H](O)[C@H](CO)O[C@@H]1O[C@H](CO)[C@@H](O)[C@H](O)[C@H]1O[C@@H]1O[C@H](CO)[C@@H](O)[C@H](O)[C@H]1O. The molecule has 0 aromatic carbocycles. The number of aliphatic hydroxyl groups is 12. The Morgan fingerprint density at radius 2 is 1.15 bits per heavy atom. The lowest BCUT2D eigenvalue weighted by molar-refractivity contribution is -0.375. The van der Waals surface area contributed by atoms with Crippen LogP contribution in [-0.4, -0.2) is 174 Å². The van der Waals surface area contributed by atoms with Gasteiger partial charge in [0.15, 0.2) is 12.6 Å². The zero-order chi connectivity index (χ0) is 25.7. The third kappa shape index (κ3) is 6.37. The highest BCUT2D eigenvalue weighted by atomic mass is 16.8. The minimum atomic E-state index is -2.00. The first-order valence-corrected chi connectivity index (χ1v) is 10.5. The van der Waals surface area contributed by atoms with Gasteiger partial charge in [-0.2, -0.15) is 0 Å². The molecule has 2 rings (SSSR count). The van der Waals surface area contributed by atoms with Crippen LogP contribution in [0.5, 0.6) is 0 Å². The number of ether oxygens (including phenoxy) is 4. The van der Waals surface area contributed by atoms with Crippen molar-refractivity contribution in [1.82, 2.24) is 0 Å². The fourth-order valence-electron chi connectivity index (χ4n) is 3.60. The third-order valence-electron chi connectivity index (χ3n) is 5.77. The van der Waals surface area contributed by atoms with Crippen LogP contribution in [0, 0.1) is 0 Å². The van der Waals surface area contributed by atoms with Crippen LogP contribution < -0.4 is 0 Å². The molecule has 0 unspecified atom stereocenters.